The minimum absolute atomic E-state index is 0. The number of halogens is 2. The highest BCUT2D eigenvalue weighted by molar-refractivity contribution is 5.85. The second-order valence-corrected chi connectivity index (χ2v) is 5.97. The first-order chi connectivity index (χ1) is 9.41. The van der Waals surface area contributed by atoms with E-state index in [-0.39, 0.29) is 48.7 Å². The van der Waals surface area contributed by atoms with Crippen LogP contribution in [0.4, 0.5) is 5.69 Å². The largest absolute Gasteiger partial charge is 0.372 e. The Hall–Kier alpha value is -0.970. The number of carbonyl (C=O) groups is 1. The summed E-state index contributed by atoms with van der Waals surface area (Å²) in [6.45, 7) is 7.42. The average molecular weight is 348 g/mol. The predicted octanol–water partition coefficient (Wildman–Crippen LogP) is 2.68. The number of hydrogen-bond acceptors (Lipinski definition) is 3. The van der Waals surface area contributed by atoms with Crippen molar-refractivity contribution in [2.24, 2.45) is 11.7 Å². The number of benzene rings is 1. The number of hydrogen-bond donors (Lipinski definition) is 1. The second-order valence-electron chi connectivity index (χ2n) is 5.97. The van der Waals surface area contributed by atoms with Crippen molar-refractivity contribution >= 4 is 36.4 Å². The van der Waals surface area contributed by atoms with Gasteiger partial charge in [0.1, 0.15) is 0 Å². The van der Waals surface area contributed by atoms with Crippen LogP contribution in [0, 0.1) is 5.92 Å². The van der Waals surface area contributed by atoms with Crippen molar-refractivity contribution in [3.63, 3.8) is 0 Å². The smallest absolute Gasteiger partial charge is 0.227 e. The Labute approximate surface area is 145 Å². The summed E-state index contributed by atoms with van der Waals surface area (Å²) in [7, 11) is 2.08. The molecular formula is C16H27Cl2N3O. The van der Waals surface area contributed by atoms with Crippen LogP contribution in [0.1, 0.15) is 26.3 Å². The molecule has 0 bridgehead atoms. The Morgan fingerprint density at radius 1 is 1.27 bits per heavy atom. The summed E-state index contributed by atoms with van der Waals surface area (Å²) in [5, 5.41) is 0. The number of anilines is 1. The van der Waals surface area contributed by atoms with E-state index in [4.69, 9.17) is 5.73 Å². The summed E-state index contributed by atoms with van der Waals surface area (Å²) >= 11 is 0. The zero-order chi connectivity index (χ0) is 14.9. The van der Waals surface area contributed by atoms with E-state index in [2.05, 4.69) is 31.0 Å². The van der Waals surface area contributed by atoms with E-state index in [1.165, 1.54) is 11.3 Å². The zero-order valence-electron chi connectivity index (χ0n) is 13.7. The molecule has 0 radical (unpaired) electrons. The Bertz CT molecular complexity index is 496. The minimum atomic E-state index is -0.145. The molecule has 0 saturated heterocycles. The highest BCUT2D eigenvalue weighted by atomic mass is 35.5. The van der Waals surface area contributed by atoms with E-state index in [1.807, 2.05) is 30.9 Å². The summed E-state index contributed by atoms with van der Waals surface area (Å²) in [5.74, 6) is 0.00521. The van der Waals surface area contributed by atoms with E-state index in [0.717, 1.165) is 6.54 Å². The van der Waals surface area contributed by atoms with Crippen molar-refractivity contribution in [3.8, 4) is 0 Å². The van der Waals surface area contributed by atoms with E-state index in [0.29, 0.717) is 6.54 Å². The number of nitrogens with zero attached hydrogens (tertiary/aromatic N) is 2. The lowest BCUT2D eigenvalue weighted by molar-refractivity contribution is -0.138. The maximum atomic E-state index is 12.6. The van der Waals surface area contributed by atoms with Crippen molar-refractivity contribution in [1.82, 2.24) is 4.90 Å². The number of carbonyl (C=O) groups excluding carboxylic acids is 1. The molecule has 1 heterocycles. The molecule has 3 unspecified atom stereocenters. The van der Waals surface area contributed by atoms with Crippen LogP contribution in [0.3, 0.4) is 0 Å². The summed E-state index contributed by atoms with van der Waals surface area (Å²) in [4.78, 5) is 16.8. The van der Waals surface area contributed by atoms with Crippen LogP contribution < -0.4 is 10.6 Å². The molecule has 0 spiro atoms. The van der Waals surface area contributed by atoms with Crippen LogP contribution in [-0.2, 0) is 11.3 Å². The molecule has 1 aliphatic rings. The van der Waals surface area contributed by atoms with E-state index < -0.39 is 0 Å². The van der Waals surface area contributed by atoms with Gasteiger partial charge in [0.2, 0.25) is 5.91 Å². The Morgan fingerprint density at radius 2 is 1.86 bits per heavy atom. The van der Waals surface area contributed by atoms with Gasteiger partial charge in [-0.25, -0.2) is 0 Å². The van der Waals surface area contributed by atoms with Crippen LogP contribution in [0.15, 0.2) is 24.3 Å². The van der Waals surface area contributed by atoms with Crippen molar-refractivity contribution < 1.29 is 4.79 Å². The van der Waals surface area contributed by atoms with Crippen LogP contribution in [0.25, 0.3) is 0 Å². The monoisotopic (exact) mass is 347 g/mol. The Balaban J connectivity index is 0.00000220. The Morgan fingerprint density at radius 3 is 2.45 bits per heavy atom. The molecule has 22 heavy (non-hydrogen) atoms. The van der Waals surface area contributed by atoms with Crippen molar-refractivity contribution in [2.75, 3.05) is 18.5 Å². The lowest BCUT2D eigenvalue weighted by Crippen LogP contribution is -2.47. The third-order valence-electron chi connectivity index (χ3n) is 4.27. The molecule has 2 rings (SSSR count). The molecule has 0 saturated carbocycles. The van der Waals surface area contributed by atoms with Gasteiger partial charge < -0.3 is 15.5 Å². The van der Waals surface area contributed by atoms with Gasteiger partial charge in [0.05, 0.1) is 5.92 Å². The van der Waals surface area contributed by atoms with Gasteiger partial charge in [-0.1, -0.05) is 25.1 Å². The van der Waals surface area contributed by atoms with Crippen molar-refractivity contribution in [2.45, 2.75) is 39.4 Å². The van der Waals surface area contributed by atoms with Crippen LogP contribution in [-0.4, -0.2) is 36.5 Å². The first kappa shape index (κ1) is 21.0. The number of para-hydroxylation sites is 1. The number of likely N-dealkylation sites (N-methyl/N-ethyl adjacent to an activating group) is 1. The fraction of sp³-hybridized carbons (Fsp3) is 0.562. The molecule has 3 atom stereocenters. The summed E-state index contributed by atoms with van der Waals surface area (Å²) < 4.78 is 0. The number of amides is 1. The predicted molar refractivity (Wildman–Crippen MR) is 97.0 cm³/mol. The van der Waals surface area contributed by atoms with Gasteiger partial charge in [0.15, 0.2) is 0 Å². The maximum Gasteiger partial charge on any atom is 0.227 e. The third-order valence-corrected chi connectivity index (χ3v) is 4.27. The van der Waals surface area contributed by atoms with Crippen molar-refractivity contribution in [1.29, 1.82) is 0 Å². The first-order valence-electron chi connectivity index (χ1n) is 7.27. The highest BCUT2D eigenvalue weighted by Crippen LogP contribution is 2.27. The molecule has 1 aromatic rings. The molecule has 6 heteroatoms. The van der Waals surface area contributed by atoms with E-state index in [1.54, 1.807) is 0 Å². The van der Waals surface area contributed by atoms with Gasteiger partial charge in [-0.05, 0) is 25.5 Å². The number of nitrogens with two attached hydrogens (primary N) is 1. The molecule has 0 fully saturated rings. The van der Waals surface area contributed by atoms with E-state index in [9.17, 15) is 4.79 Å². The molecule has 1 aromatic carbocycles. The molecule has 0 aliphatic carbocycles. The molecule has 4 nitrogen and oxygen atoms in total. The van der Waals surface area contributed by atoms with Gasteiger partial charge >= 0.3 is 0 Å². The quantitative estimate of drug-likeness (QED) is 0.894. The van der Waals surface area contributed by atoms with Gasteiger partial charge in [0, 0.05) is 37.9 Å². The van der Waals surface area contributed by atoms with E-state index >= 15 is 0 Å². The number of rotatable bonds is 2. The molecule has 126 valence electrons. The minimum Gasteiger partial charge on any atom is -0.372 e. The molecule has 0 aromatic heterocycles. The van der Waals surface area contributed by atoms with Crippen molar-refractivity contribution in [3.05, 3.63) is 29.8 Å². The molecule has 2 N–H and O–H groups in total. The Kier molecular flexibility index (Phi) is 8.23. The highest BCUT2D eigenvalue weighted by Gasteiger charge is 2.30. The fourth-order valence-corrected chi connectivity index (χ4v) is 2.73. The van der Waals surface area contributed by atoms with Crippen LogP contribution in [0.5, 0.6) is 0 Å². The summed E-state index contributed by atoms with van der Waals surface area (Å²) in [5.41, 5.74) is 8.30. The number of fused-ring (bicyclic) bond motifs is 1. The zero-order valence-corrected chi connectivity index (χ0v) is 15.3. The molecule has 1 aliphatic heterocycles. The van der Waals surface area contributed by atoms with Gasteiger partial charge in [-0.15, -0.1) is 24.8 Å². The van der Waals surface area contributed by atoms with Crippen LogP contribution >= 0.6 is 24.8 Å². The van der Waals surface area contributed by atoms with Gasteiger partial charge in [0.25, 0.3) is 0 Å². The average Bonchev–Trinajstić information content (AvgIpc) is 2.54. The topological polar surface area (TPSA) is 49.6 Å². The summed E-state index contributed by atoms with van der Waals surface area (Å²) in [6.07, 6.45) is 0. The lowest BCUT2D eigenvalue weighted by atomic mass is 10.0. The normalized spacial score (nSPS) is 20.0. The fourth-order valence-electron chi connectivity index (χ4n) is 2.73. The lowest BCUT2D eigenvalue weighted by Gasteiger charge is -2.31. The standard InChI is InChI=1S/C16H25N3O.2ClH/c1-11-9-18(4)15-8-6-5-7-14(15)10-19(11)16(20)12(2)13(3)17;;/h5-8,11-13H,9-10,17H2,1-4H3;2*1H. The third kappa shape index (κ3) is 4.28. The first-order valence-corrected chi connectivity index (χ1v) is 7.27. The maximum absolute atomic E-state index is 12.6. The van der Waals surface area contributed by atoms with Gasteiger partial charge in [-0.3, -0.25) is 4.79 Å². The van der Waals surface area contributed by atoms with Crippen LogP contribution in [0.2, 0.25) is 0 Å². The summed E-state index contributed by atoms with van der Waals surface area (Å²) in [6, 6.07) is 8.35. The molecular weight excluding hydrogens is 321 g/mol. The van der Waals surface area contributed by atoms with Gasteiger partial charge in [-0.2, -0.15) is 0 Å². The molecule has 1 amide bonds. The second kappa shape index (κ2) is 8.61. The SMILES string of the molecule is CC(N)C(C)C(=O)N1Cc2ccccc2N(C)CC1C.Cl.Cl.